The number of hydrogen-bond acceptors (Lipinski definition) is 3. The van der Waals surface area contributed by atoms with Gasteiger partial charge >= 0.3 is 0 Å². The van der Waals surface area contributed by atoms with E-state index in [1.165, 1.54) is 12.1 Å². The first-order valence-corrected chi connectivity index (χ1v) is 4.80. The van der Waals surface area contributed by atoms with E-state index in [2.05, 4.69) is 10.5 Å². The normalized spacial score (nSPS) is 18.2. The van der Waals surface area contributed by atoms with Crippen molar-refractivity contribution in [2.45, 2.75) is 13.8 Å². The molecule has 1 heterocycles. The minimum Gasteiger partial charge on any atom is -0.508 e. The van der Waals surface area contributed by atoms with E-state index in [9.17, 15) is 9.18 Å². The van der Waals surface area contributed by atoms with Crippen LogP contribution in [0.15, 0.2) is 23.3 Å². The van der Waals surface area contributed by atoms with Gasteiger partial charge in [-0.25, -0.2) is 9.82 Å². The minimum absolute atomic E-state index is 0.156. The van der Waals surface area contributed by atoms with Gasteiger partial charge in [-0.05, 0) is 26.0 Å². The molecule has 0 aliphatic carbocycles. The van der Waals surface area contributed by atoms with E-state index in [1.54, 1.807) is 13.8 Å². The minimum atomic E-state index is -0.863. The maximum absolute atomic E-state index is 13.6. The molecule has 1 aliphatic rings. The van der Waals surface area contributed by atoms with Gasteiger partial charge in [0.2, 0.25) is 0 Å². The van der Waals surface area contributed by atoms with Crippen molar-refractivity contribution in [2.24, 2.45) is 10.5 Å². The Kier molecular flexibility index (Phi) is 2.18. The SMILES string of the molecule is CC1(C)C(=O)NN=C1c1ccc(O)cc1F. The van der Waals surface area contributed by atoms with Crippen LogP contribution in [-0.2, 0) is 4.79 Å². The van der Waals surface area contributed by atoms with Crippen LogP contribution < -0.4 is 5.43 Å². The molecule has 0 saturated heterocycles. The van der Waals surface area contributed by atoms with Crippen LogP contribution in [0.4, 0.5) is 4.39 Å². The third kappa shape index (κ3) is 1.44. The summed E-state index contributed by atoms with van der Waals surface area (Å²) in [5.41, 5.74) is 2.02. The van der Waals surface area contributed by atoms with Gasteiger partial charge in [-0.3, -0.25) is 4.79 Å². The molecular formula is C11H11FN2O2. The van der Waals surface area contributed by atoms with Gasteiger partial charge in [0.1, 0.15) is 11.6 Å². The third-order valence-electron chi connectivity index (χ3n) is 2.64. The average molecular weight is 222 g/mol. The molecule has 0 aromatic heterocycles. The molecule has 1 aromatic rings. The van der Waals surface area contributed by atoms with Crippen molar-refractivity contribution in [3.05, 3.63) is 29.6 Å². The maximum Gasteiger partial charge on any atom is 0.251 e. The molecule has 2 N–H and O–H groups in total. The fourth-order valence-electron chi connectivity index (χ4n) is 1.59. The van der Waals surface area contributed by atoms with Gasteiger partial charge in [-0.1, -0.05) is 0 Å². The number of rotatable bonds is 1. The van der Waals surface area contributed by atoms with Crippen LogP contribution in [0.5, 0.6) is 5.75 Å². The number of nitrogens with one attached hydrogen (secondary N) is 1. The van der Waals surface area contributed by atoms with Gasteiger partial charge < -0.3 is 5.11 Å². The Labute approximate surface area is 91.8 Å². The van der Waals surface area contributed by atoms with Crippen molar-refractivity contribution in [1.82, 2.24) is 5.43 Å². The molecule has 4 nitrogen and oxygen atoms in total. The summed E-state index contributed by atoms with van der Waals surface area (Å²) in [5.74, 6) is -1.02. The lowest BCUT2D eigenvalue weighted by Crippen LogP contribution is -2.32. The zero-order valence-electron chi connectivity index (χ0n) is 8.91. The topological polar surface area (TPSA) is 61.7 Å². The Balaban J connectivity index is 2.50. The second kappa shape index (κ2) is 3.30. The van der Waals surface area contributed by atoms with Crippen LogP contribution in [0.25, 0.3) is 0 Å². The predicted molar refractivity (Wildman–Crippen MR) is 56.5 cm³/mol. The zero-order chi connectivity index (χ0) is 11.9. The van der Waals surface area contributed by atoms with Gasteiger partial charge in [-0.2, -0.15) is 5.10 Å². The number of hydrazone groups is 1. The lowest BCUT2D eigenvalue weighted by atomic mass is 9.83. The first kappa shape index (κ1) is 10.6. The largest absolute Gasteiger partial charge is 0.508 e. The fraction of sp³-hybridized carbons (Fsp3) is 0.273. The molecule has 1 aliphatic heterocycles. The molecule has 84 valence electrons. The smallest absolute Gasteiger partial charge is 0.251 e. The van der Waals surface area contributed by atoms with Crippen LogP contribution in [0.2, 0.25) is 0 Å². The van der Waals surface area contributed by atoms with E-state index in [4.69, 9.17) is 5.11 Å². The number of carbonyl (C=O) groups is 1. The highest BCUT2D eigenvalue weighted by molar-refractivity contribution is 6.19. The number of amides is 1. The van der Waals surface area contributed by atoms with E-state index < -0.39 is 11.2 Å². The Bertz CT molecular complexity index is 495. The van der Waals surface area contributed by atoms with Crippen molar-refractivity contribution in [3.63, 3.8) is 0 Å². The summed E-state index contributed by atoms with van der Waals surface area (Å²) in [6, 6.07) is 3.77. The molecule has 16 heavy (non-hydrogen) atoms. The van der Waals surface area contributed by atoms with Crippen molar-refractivity contribution in [3.8, 4) is 5.75 Å². The van der Waals surface area contributed by atoms with E-state index in [0.717, 1.165) is 6.07 Å². The second-order valence-electron chi connectivity index (χ2n) is 4.19. The summed E-state index contributed by atoms with van der Waals surface area (Å²) in [7, 11) is 0. The molecule has 5 heteroatoms. The highest BCUT2D eigenvalue weighted by Crippen LogP contribution is 2.29. The maximum atomic E-state index is 13.6. The molecular weight excluding hydrogens is 211 g/mol. The van der Waals surface area contributed by atoms with Crippen LogP contribution in [0, 0.1) is 11.2 Å². The highest BCUT2D eigenvalue weighted by Gasteiger charge is 2.40. The summed E-state index contributed by atoms with van der Waals surface area (Å²) in [4.78, 5) is 11.5. The van der Waals surface area contributed by atoms with Crippen LogP contribution in [0.3, 0.4) is 0 Å². The van der Waals surface area contributed by atoms with Gasteiger partial charge in [0, 0.05) is 11.6 Å². The molecule has 0 atom stereocenters. The van der Waals surface area contributed by atoms with Crippen molar-refractivity contribution >= 4 is 11.6 Å². The number of carbonyl (C=O) groups excluding carboxylic acids is 1. The quantitative estimate of drug-likeness (QED) is 0.754. The van der Waals surface area contributed by atoms with E-state index in [0.29, 0.717) is 5.71 Å². The number of benzene rings is 1. The standard InChI is InChI=1S/C11H11FN2O2/c1-11(2)9(13-14-10(11)16)7-4-3-6(15)5-8(7)12/h3-5,15H,1-2H3,(H,14,16). The van der Waals surface area contributed by atoms with Gasteiger partial charge in [-0.15, -0.1) is 0 Å². The van der Waals surface area contributed by atoms with Gasteiger partial charge in [0.15, 0.2) is 0 Å². The van der Waals surface area contributed by atoms with E-state index in [-0.39, 0.29) is 17.2 Å². The summed E-state index contributed by atoms with van der Waals surface area (Å²) in [5, 5.41) is 12.9. The van der Waals surface area contributed by atoms with E-state index >= 15 is 0 Å². The lowest BCUT2D eigenvalue weighted by Gasteiger charge is -2.17. The van der Waals surface area contributed by atoms with Gasteiger partial charge in [0.25, 0.3) is 5.91 Å². The summed E-state index contributed by atoms with van der Waals surface area (Å²) >= 11 is 0. The highest BCUT2D eigenvalue weighted by atomic mass is 19.1. The van der Waals surface area contributed by atoms with Crippen molar-refractivity contribution in [1.29, 1.82) is 0 Å². The summed E-state index contributed by atoms with van der Waals surface area (Å²) in [6.45, 7) is 3.33. The Morgan fingerprint density at radius 3 is 2.62 bits per heavy atom. The average Bonchev–Trinajstić information content (AvgIpc) is 2.44. The Morgan fingerprint density at radius 2 is 2.12 bits per heavy atom. The predicted octanol–water partition coefficient (Wildman–Crippen LogP) is 1.39. The van der Waals surface area contributed by atoms with Crippen LogP contribution in [0.1, 0.15) is 19.4 Å². The van der Waals surface area contributed by atoms with E-state index in [1.807, 2.05) is 0 Å². The molecule has 2 rings (SSSR count). The number of phenolic OH excluding ortho intramolecular Hbond substituents is 1. The lowest BCUT2D eigenvalue weighted by molar-refractivity contribution is -0.125. The monoisotopic (exact) mass is 222 g/mol. The molecule has 0 spiro atoms. The molecule has 0 saturated carbocycles. The first-order chi connectivity index (χ1) is 7.43. The van der Waals surface area contributed by atoms with Crippen molar-refractivity contribution < 1.29 is 14.3 Å². The summed E-state index contributed by atoms with van der Waals surface area (Å²) < 4.78 is 13.6. The number of nitrogens with zero attached hydrogens (tertiary/aromatic N) is 1. The number of phenols is 1. The molecule has 1 amide bonds. The molecule has 0 radical (unpaired) electrons. The van der Waals surface area contributed by atoms with Crippen molar-refractivity contribution in [2.75, 3.05) is 0 Å². The molecule has 0 bridgehead atoms. The number of hydrogen-bond donors (Lipinski definition) is 2. The zero-order valence-corrected chi connectivity index (χ0v) is 8.91. The molecule has 0 fully saturated rings. The second-order valence-corrected chi connectivity index (χ2v) is 4.19. The van der Waals surface area contributed by atoms with Crippen LogP contribution in [-0.4, -0.2) is 16.7 Å². The molecule has 0 unspecified atom stereocenters. The third-order valence-corrected chi connectivity index (χ3v) is 2.64. The number of halogens is 1. The fourth-order valence-corrected chi connectivity index (χ4v) is 1.59. The number of aromatic hydroxyl groups is 1. The Morgan fingerprint density at radius 1 is 1.44 bits per heavy atom. The van der Waals surface area contributed by atoms with Crippen LogP contribution >= 0.6 is 0 Å². The Hall–Kier alpha value is -1.91. The summed E-state index contributed by atoms with van der Waals surface area (Å²) in [6.07, 6.45) is 0. The van der Waals surface area contributed by atoms with Gasteiger partial charge in [0.05, 0.1) is 11.1 Å². The molecule has 1 aromatic carbocycles. The first-order valence-electron chi connectivity index (χ1n) is 4.80.